The van der Waals surface area contributed by atoms with Crippen LogP contribution in [0.25, 0.3) is 0 Å². The molecule has 0 bridgehead atoms. The van der Waals surface area contributed by atoms with Gasteiger partial charge >= 0.3 is 5.69 Å². The van der Waals surface area contributed by atoms with E-state index in [1.807, 2.05) is 0 Å². The van der Waals surface area contributed by atoms with Crippen LogP contribution in [0, 0.1) is 0 Å². The number of hydrazone groups is 1. The number of hydrogen-bond acceptors (Lipinski definition) is 6. The zero-order valence-corrected chi connectivity index (χ0v) is 14.5. The third-order valence-electron chi connectivity index (χ3n) is 4.41. The fourth-order valence-electron chi connectivity index (χ4n) is 3.03. The van der Waals surface area contributed by atoms with Crippen LogP contribution in [-0.2, 0) is 18.9 Å². The second-order valence-corrected chi connectivity index (χ2v) is 6.13. The van der Waals surface area contributed by atoms with Crippen molar-refractivity contribution >= 4 is 11.6 Å². The Morgan fingerprint density at radius 1 is 1.19 bits per heavy atom. The van der Waals surface area contributed by atoms with Crippen LogP contribution in [0.4, 0.5) is 0 Å². The summed E-state index contributed by atoms with van der Waals surface area (Å²) in [4.78, 5) is 36.4. The van der Waals surface area contributed by atoms with Crippen molar-refractivity contribution in [3.05, 3.63) is 56.2 Å². The lowest BCUT2D eigenvalue weighted by Crippen LogP contribution is -2.39. The van der Waals surface area contributed by atoms with Gasteiger partial charge in [-0.05, 0) is 17.7 Å². The molecule has 2 N–H and O–H groups in total. The molecule has 0 radical (unpaired) electrons. The summed E-state index contributed by atoms with van der Waals surface area (Å²) >= 11 is 0. The summed E-state index contributed by atoms with van der Waals surface area (Å²) in [6, 6.07) is 5.86. The van der Waals surface area contributed by atoms with Crippen molar-refractivity contribution in [3.8, 4) is 11.6 Å². The summed E-state index contributed by atoms with van der Waals surface area (Å²) in [6.07, 6.45) is 0.157. The van der Waals surface area contributed by atoms with E-state index in [9.17, 15) is 24.6 Å². The summed E-state index contributed by atoms with van der Waals surface area (Å²) in [5.41, 5.74) is -0.641. The number of aromatic hydroxyl groups is 2. The molecule has 0 saturated heterocycles. The van der Waals surface area contributed by atoms with E-state index in [0.29, 0.717) is 5.56 Å². The molecule has 1 amide bonds. The molecular weight excluding hydrogens is 340 g/mol. The van der Waals surface area contributed by atoms with E-state index >= 15 is 0 Å². The molecular formula is C17H18N4O5. The highest BCUT2D eigenvalue weighted by molar-refractivity contribution is 6.04. The summed E-state index contributed by atoms with van der Waals surface area (Å²) in [5.74, 6) is -0.813. The van der Waals surface area contributed by atoms with Crippen LogP contribution in [0.15, 0.2) is 39.0 Å². The van der Waals surface area contributed by atoms with E-state index in [4.69, 9.17) is 0 Å². The number of phenolic OH excluding ortho intramolecular Hbond substituents is 1. The fourth-order valence-corrected chi connectivity index (χ4v) is 3.03. The average Bonchev–Trinajstić information content (AvgIpc) is 3.04. The Kier molecular flexibility index (Phi) is 4.15. The van der Waals surface area contributed by atoms with Crippen LogP contribution in [0.1, 0.15) is 30.5 Å². The van der Waals surface area contributed by atoms with Gasteiger partial charge in [-0.25, -0.2) is 9.80 Å². The predicted octanol–water partition coefficient (Wildman–Crippen LogP) is 0.193. The molecule has 1 aliphatic heterocycles. The van der Waals surface area contributed by atoms with Crippen molar-refractivity contribution in [2.75, 3.05) is 0 Å². The smallest absolute Gasteiger partial charge is 0.333 e. The molecule has 1 aliphatic rings. The third-order valence-corrected chi connectivity index (χ3v) is 4.41. The van der Waals surface area contributed by atoms with Gasteiger partial charge in [0.25, 0.3) is 5.56 Å². The minimum absolute atomic E-state index is 0.0420. The lowest BCUT2D eigenvalue weighted by Gasteiger charge is -2.20. The van der Waals surface area contributed by atoms with Crippen LogP contribution in [0.5, 0.6) is 11.6 Å². The monoisotopic (exact) mass is 358 g/mol. The van der Waals surface area contributed by atoms with E-state index in [0.717, 1.165) is 9.13 Å². The van der Waals surface area contributed by atoms with E-state index in [-0.39, 0.29) is 29.4 Å². The SMILES string of the molecule is CC(=O)N1N=C(c2c(O)n(C)c(=O)n(C)c2=O)C[C@@H]1c1cccc(O)c1. The van der Waals surface area contributed by atoms with Gasteiger partial charge in [0.15, 0.2) is 0 Å². The molecule has 1 aromatic heterocycles. The molecule has 0 spiro atoms. The van der Waals surface area contributed by atoms with Crippen molar-refractivity contribution in [2.24, 2.45) is 19.2 Å². The molecule has 26 heavy (non-hydrogen) atoms. The minimum atomic E-state index is -0.690. The molecule has 2 heterocycles. The summed E-state index contributed by atoms with van der Waals surface area (Å²) in [5, 5.41) is 25.4. The molecule has 1 atom stereocenters. The van der Waals surface area contributed by atoms with Crippen molar-refractivity contribution < 1.29 is 15.0 Å². The van der Waals surface area contributed by atoms with Gasteiger partial charge in [0.2, 0.25) is 11.8 Å². The Morgan fingerprint density at radius 2 is 1.88 bits per heavy atom. The Labute approximate surface area is 148 Å². The number of hydrogen-bond donors (Lipinski definition) is 2. The van der Waals surface area contributed by atoms with Crippen molar-refractivity contribution in [3.63, 3.8) is 0 Å². The summed E-state index contributed by atoms with van der Waals surface area (Å²) in [7, 11) is 2.64. The lowest BCUT2D eigenvalue weighted by molar-refractivity contribution is -0.130. The van der Waals surface area contributed by atoms with Gasteiger partial charge < -0.3 is 10.2 Å². The fraction of sp³-hybridized carbons (Fsp3) is 0.294. The number of phenols is 1. The highest BCUT2D eigenvalue weighted by Crippen LogP contribution is 2.34. The quantitative estimate of drug-likeness (QED) is 0.795. The van der Waals surface area contributed by atoms with Crippen LogP contribution in [0.3, 0.4) is 0 Å². The first-order valence-electron chi connectivity index (χ1n) is 7.88. The second kappa shape index (κ2) is 6.17. The standard InChI is InChI=1S/C17H18N4O5/c1-9(22)21-13(10-5-4-6-11(23)7-10)8-12(18-21)14-15(24)19(2)17(26)20(3)16(14)25/h4-7,13,23-24H,8H2,1-3H3/t13-/m1/s1. The number of aromatic nitrogens is 2. The Hall–Kier alpha value is -3.36. The molecule has 2 aromatic rings. The molecule has 9 heteroatoms. The van der Waals surface area contributed by atoms with E-state index in [1.54, 1.807) is 12.1 Å². The predicted molar refractivity (Wildman–Crippen MR) is 93.1 cm³/mol. The maximum absolute atomic E-state index is 12.5. The van der Waals surface area contributed by atoms with E-state index in [1.165, 1.54) is 38.2 Å². The van der Waals surface area contributed by atoms with Crippen molar-refractivity contribution in [2.45, 2.75) is 19.4 Å². The number of carbonyl (C=O) groups is 1. The number of rotatable bonds is 2. The van der Waals surface area contributed by atoms with E-state index in [2.05, 4.69) is 5.10 Å². The van der Waals surface area contributed by atoms with Gasteiger partial charge in [0.05, 0.1) is 11.8 Å². The molecule has 0 saturated carbocycles. The van der Waals surface area contributed by atoms with Crippen molar-refractivity contribution in [1.29, 1.82) is 0 Å². The van der Waals surface area contributed by atoms with Crippen LogP contribution >= 0.6 is 0 Å². The average molecular weight is 358 g/mol. The number of carbonyl (C=O) groups excluding carboxylic acids is 1. The van der Waals surface area contributed by atoms with Gasteiger partial charge in [-0.3, -0.25) is 18.7 Å². The second-order valence-electron chi connectivity index (χ2n) is 6.13. The highest BCUT2D eigenvalue weighted by atomic mass is 16.3. The zero-order chi connectivity index (χ0) is 19.2. The molecule has 0 fully saturated rings. The normalized spacial score (nSPS) is 16.7. The Morgan fingerprint density at radius 3 is 2.50 bits per heavy atom. The van der Waals surface area contributed by atoms with Gasteiger partial charge in [-0.2, -0.15) is 5.10 Å². The van der Waals surface area contributed by atoms with Crippen LogP contribution in [-0.4, -0.2) is 36.0 Å². The maximum Gasteiger partial charge on any atom is 0.333 e. The Balaban J connectivity index is 2.14. The third kappa shape index (κ3) is 2.67. The lowest BCUT2D eigenvalue weighted by atomic mass is 9.99. The van der Waals surface area contributed by atoms with Crippen LogP contribution in [0.2, 0.25) is 0 Å². The van der Waals surface area contributed by atoms with Gasteiger partial charge in [-0.15, -0.1) is 0 Å². The number of amides is 1. The molecule has 3 rings (SSSR count). The topological polar surface area (TPSA) is 117 Å². The Bertz CT molecular complexity index is 1050. The maximum atomic E-state index is 12.5. The van der Waals surface area contributed by atoms with Gasteiger partial charge in [-0.1, -0.05) is 12.1 Å². The first kappa shape index (κ1) is 17.5. The first-order chi connectivity index (χ1) is 12.2. The molecule has 1 aromatic carbocycles. The first-order valence-corrected chi connectivity index (χ1v) is 7.88. The minimum Gasteiger partial charge on any atom is -0.508 e. The van der Waals surface area contributed by atoms with Gasteiger partial charge in [0.1, 0.15) is 11.3 Å². The van der Waals surface area contributed by atoms with Crippen LogP contribution < -0.4 is 11.2 Å². The summed E-state index contributed by atoms with van der Waals surface area (Å²) in [6.45, 7) is 1.33. The highest BCUT2D eigenvalue weighted by Gasteiger charge is 2.34. The van der Waals surface area contributed by atoms with E-state index < -0.39 is 23.2 Å². The number of benzene rings is 1. The molecule has 136 valence electrons. The largest absolute Gasteiger partial charge is 0.508 e. The molecule has 9 nitrogen and oxygen atoms in total. The number of nitrogens with zero attached hydrogens (tertiary/aromatic N) is 4. The van der Waals surface area contributed by atoms with Crippen molar-refractivity contribution in [1.82, 2.24) is 14.1 Å². The molecule has 0 unspecified atom stereocenters. The molecule has 0 aliphatic carbocycles. The summed E-state index contributed by atoms with van der Waals surface area (Å²) < 4.78 is 1.82. The van der Waals surface area contributed by atoms with Gasteiger partial charge in [0, 0.05) is 27.4 Å². The zero-order valence-electron chi connectivity index (χ0n) is 14.5.